The lowest BCUT2D eigenvalue weighted by atomic mass is 10.1. The van der Waals surface area contributed by atoms with E-state index < -0.39 is 0 Å². The summed E-state index contributed by atoms with van der Waals surface area (Å²) in [4.78, 5) is 21.0. The maximum atomic E-state index is 12.3. The summed E-state index contributed by atoms with van der Waals surface area (Å²) in [6.45, 7) is 4.28. The number of aryl methyl sites for hydroxylation is 2. The number of hydrogen-bond acceptors (Lipinski definition) is 5. The molecule has 0 saturated carbocycles. The number of furan rings is 1. The number of rotatable bonds is 6. The Kier molecular flexibility index (Phi) is 5.57. The summed E-state index contributed by atoms with van der Waals surface area (Å²) in [5.41, 5.74) is 4.48. The Morgan fingerprint density at radius 1 is 0.967 bits per heavy atom. The Bertz CT molecular complexity index is 1170. The van der Waals surface area contributed by atoms with E-state index in [9.17, 15) is 4.79 Å². The first-order valence-electron chi connectivity index (χ1n) is 9.66. The van der Waals surface area contributed by atoms with Gasteiger partial charge < -0.3 is 15.1 Å². The van der Waals surface area contributed by atoms with Crippen molar-refractivity contribution in [2.24, 2.45) is 0 Å². The van der Waals surface area contributed by atoms with Crippen molar-refractivity contribution in [3.8, 4) is 11.3 Å². The highest BCUT2D eigenvalue weighted by Gasteiger charge is 2.08. The van der Waals surface area contributed by atoms with Gasteiger partial charge >= 0.3 is 0 Å². The van der Waals surface area contributed by atoms with Gasteiger partial charge in [-0.1, -0.05) is 23.8 Å². The molecule has 4 aromatic rings. The summed E-state index contributed by atoms with van der Waals surface area (Å²) in [7, 11) is 0. The third kappa shape index (κ3) is 4.72. The lowest BCUT2D eigenvalue weighted by molar-refractivity contribution is 0.0948. The summed E-state index contributed by atoms with van der Waals surface area (Å²) in [6.07, 6.45) is 1.54. The molecule has 0 atom stereocenters. The van der Waals surface area contributed by atoms with E-state index in [-0.39, 0.29) is 5.91 Å². The molecule has 30 heavy (non-hydrogen) atoms. The largest absolute Gasteiger partial charge is 0.465 e. The second kappa shape index (κ2) is 8.61. The molecule has 0 aliphatic carbocycles. The van der Waals surface area contributed by atoms with Crippen LogP contribution in [0.15, 0.2) is 77.5 Å². The number of amides is 1. The minimum absolute atomic E-state index is 0.153. The minimum Gasteiger partial charge on any atom is -0.465 e. The van der Waals surface area contributed by atoms with Crippen molar-refractivity contribution in [3.63, 3.8) is 0 Å². The maximum Gasteiger partial charge on any atom is 0.251 e. The fourth-order valence-corrected chi connectivity index (χ4v) is 3.09. The zero-order valence-electron chi connectivity index (χ0n) is 16.8. The van der Waals surface area contributed by atoms with Crippen LogP contribution in [-0.2, 0) is 6.54 Å². The number of nitrogens with one attached hydrogen (secondary N) is 2. The van der Waals surface area contributed by atoms with Gasteiger partial charge in [0.2, 0.25) is 0 Å². The molecule has 0 saturated heterocycles. The standard InChI is InChI=1S/C24H22N4O2/c1-16-4-3-5-19(12-16)22-13-23(27-15-26-22)28-20-9-7-18(8-10-20)24(29)25-14-21-11-6-17(2)30-21/h3-13,15H,14H2,1-2H3,(H,25,29)(H,26,27,28). The first kappa shape index (κ1) is 19.4. The summed E-state index contributed by atoms with van der Waals surface area (Å²) in [6, 6.07) is 21.0. The van der Waals surface area contributed by atoms with Gasteiger partial charge in [0.15, 0.2) is 0 Å². The molecule has 0 spiro atoms. The van der Waals surface area contributed by atoms with E-state index in [1.165, 1.54) is 11.9 Å². The third-order valence-corrected chi connectivity index (χ3v) is 4.62. The Morgan fingerprint density at radius 2 is 1.80 bits per heavy atom. The Hall–Kier alpha value is -3.93. The SMILES string of the molecule is Cc1cccc(-c2cc(Nc3ccc(C(=O)NCc4ccc(C)o4)cc3)ncn2)c1. The van der Waals surface area contributed by atoms with Gasteiger partial charge in [0.1, 0.15) is 23.7 Å². The molecule has 0 aliphatic heterocycles. The number of aromatic nitrogens is 2. The summed E-state index contributed by atoms with van der Waals surface area (Å²) < 4.78 is 5.47. The summed E-state index contributed by atoms with van der Waals surface area (Å²) >= 11 is 0. The van der Waals surface area contributed by atoms with Crippen molar-refractivity contribution < 1.29 is 9.21 Å². The fraction of sp³-hybridized carbons (Fsp3) is 0.125. The molecule has 0 bridgehead atoms. The smallest absolute Gasteiger partial charge is 0.251 e. The lowest BCUT2D eigenvalue weighted by Gasteiger charge is -2.09. The molecule has 6 heteroatoms. The van der Waals surface area contributed by atoms with Crippen molar-refractivity contribution in [1.82, 2.24) is 15.3 Å². The Labute approximate surface area is 175 Å². The molecular weight excluding hydrogens is 376 g/mol. The van der Waals surface area contributed by atoms with Crippen LogP contribution >= 0.6 is 0 Å². The monoisotopic (exact) mass is 398 g/mol. The highest BCUT2D eigenvalue weighted by atomic mass is 16.3. The van der Waals surface area contributed by atoms with Crippen LogP contribution in [0, 0.1) is 13.8 Å². The van der Waals surface area contributed by atoms with Gasteiger partial charge in [0.05, 0.1) is 12.2 Å². The van der Waals surface area contributed by atoms with Crippen molar-refractivity contribution in [3.05, 3.63) is 95.7 Å². The molecular formula is C24H22N4O2. The molecule has 6 nitrogen and oxygen atoms in total. The van der Waals surface area contributed by atoms with Crippen molar-refractivity contribution in [2.45, 2.75) is 20.4 Å². The number of nitrogens with zero attached hydrogens (tertiary/aromatic N) is 2. The Balaban J connectivity index is 1.41. The van der Waals surface area contributed by atoms with Crippen LogP contribution in [0.25, 0.3) is 11.3 Å². The molecule has 2 heterocycles. The Morgan fingerprint density at radius 3 is 2.53 bits per heavy atom. The van der Waals surface area contributed by atoms with E-state index in [0.29, 0.717) is 17.9 Å². The third-order valence-electron chi connectivity index (χ3n) is 4.62. The number of hydrogen-bond donors (Lipinski definition) is 2. The second-order valence-electron chi connectivity index (χ2n) is 7.06. The highest BCUT2D eigenvalue weighted by molar-refractivity contribution is 5.94. The van der Waals surface area contributed by atoms with Gasteiger partial charge in [-0.2, -0.15) is 0 Å². The second-order valence-corrected chi connectivity index (χ2v) is 7.06. The number of benzene rings is 2. The van der Waals surface area contributed by atoms with E-state index in [1.807, 2.05) is 49.4 Å². The van der Waals surface area contributed by atoms with Crippen LogP contribution in [0.4, 0.5) is 11.5 Å². The van der Waals surface area contributed by atoms with Gasteiger partial charge in [0, 0.05) is 22.9 Å². The molecule has 0 unspecified atom stereocenters. The molecule has 2 N–H and O–H groups in total. The van der Waals surface area contributed by atoms with Gasteiger partial charge in [-0.15, -0.1) is 0 Å². The topological polar surface area (TPSA) is 80.0 Å². The predicted octanol–water partition coefficient (Wildman–Crippen LogP) is 5.03. The van der Waals surface area contributed by atoms with Crippen molar-refractivity contribution in [1.29, 1.82) is 0 Å². The molecule has 0 fully saturated rings. The van der Waals surface area contributed by atoms with E-state index in [0.717, 1.165) is 28.5 Å². The molecule has 0 radical (unpaired) electrons. The van der Waals surface area contributed by atoms with E-state index in [1.54, 1.807) is 12.1 Å². The molecule has 0 aliphatic rings. The van der Waals surface area contributed by atoms with E-state index >= 15 is 0 Å². The fourth-order valence-electron chi connectivity index (χ4n) is 3.09. The zero-order chi connectivity index (χ0) is 20.9. The zero-order valence-corrected chi connectivity index (χ0v) is 16.8. The molecule has 4 rings (SSSR count). The lowest BCUT2D eigenvalue weighted by Crippen LogP contribution is -2.22. The summed E-state index contributed by atoms with van der Waals surface area (Å²) in [5.74, 6) is 2.09. The maximum absolute atomic E-state index is 12.3. The number of anilines is 2. The van der Waals surface area contributed by atoms with E-state index in [4.69, 9.17) is 4.42 Å². The summed E-state index contributed by atoms with van der Waals surface area (Å²) in [5, 5.41) is 6.11. The van der Waals surface area contributed by atoms with Crippen molar-refractivity contribution in [2.75, 3.05) is 5.32 Å². The first-order chi connectivity index (χ1) is 14.6. The van der Waals surface area contributed by atoms with Gasteiger partial charge in [-0.05, 0) is 56.3 Å². The average molecular weight is 398 g/mol. The van der Waals surface area contributed by atoms with Crippen LogP contribution in [0.5, 0.6) is 0 Å². The van der Waals surface area contributed by atoms with Crippen LogP contribution in [-0.4, -0.2) is 15.9 Å². The van der Waals surface area contributed by atoms with Gasteiger partial charge in [-0.25, -0.2) is 9.97 Å². The van der Waals surface area contributed by atoms with Crippen LogP contribution in [0.2, 0.25) is 0 Å². The molecule has 150 valence electrons. The van der Waals surface area contributed by atoms with Gasteiger partial charge in [-0.3, -0.25) is 4.79 Å². The number of carbonyl (C=O) groups is 1. The highest BCUT2D eigenvalue weighted by Crippen LogP contribution is 2.22. The molecule has 1 amide bonds. The molecule has 2 aromatic heterocycles. The van der Waals surface area contributed by atoms with Crippen LogP contribution < -0.4 is 10.6 Å². The normalized spacial score (nSPS) is 10.6. The van der Waals surface area contributed by atoms with E-state index in [2.05, 4.69) is 39.7 Å². The quantitative estimate of drug-likeness (QED) is 0.476. The molecule has 2 aromatic carbocycles. The van der Waals surface area contributed by atoms with Gasteiger partial charge in [0.25, 0.3) is 5.91 Å². The van der Waals surface area contributed by atoms with Crippen molar-refractivity contribution >= 4 is 17.4 Å². The predicted molar refractivity (Wildman–Crippen MR) is 117 cm³/mol. The first-order valence-corrected chi connectivity index (χ1v) is 9.66. The average Bonchev–Trinajstić information content (AvgIpc) is 3.18. The van der Waals surface area contributed by atoms with Crippen LogP contribution in [0.1, 0.15) is 27.4 Å². The minimum atomic E-state index is -0.153. The van der Waals surface area contributed by atoms with Crippen LogP contribution in [0.3, 0.4) is 0 Å². The number of carbonyl (C=O) groups excluding carboxylic acids is 1.